The number of nitrogens with one attached hydrogen (secondary N) is 3. The molecule has 1 aromatic rings. The molecule has 1 aliphatic carbocycles. The standard InChI is InChI=1S/C20H28F2N4O2/c21-15-6-5-13(9-16(15)22)11-26-8-2-7-20(28,19(26)27)12-23-10-18-14-3-1-4-17(14)24-25-18/h5-6,9,14,17-18,23-25,28H,1-4,7-8,10-12H2. The Kier molecular flexibility index (Phi) is 5.64. The molecule has 0 spiro atoms. The van der Waals surface area contributed by atoms with Gasteiger partial charge in [-0.25, -0.2) is 8.78 Å². The van der Waals surface area contributed by atoms with Crippen LogP contribution in [0.4, 0.5) is 8.78 Å². The summed E-state index contributed by atoms with van der Waals surface area (Å²) >= 11 is 0. The minimum absolute atomic E-state index is 0.163. The van der Waals surface area contributed by atoms with Crippen LogP contribution in [0, 0.1) is 17.6 Å². The van der Waals surface area contributed by atoms with Crippen molar-refractivity contribution < 1.29 is 18.7 Å². The molecule has 1 saturated carbocycles. The van der Waals surface area contributed by atoms with Crippen LogP contribution in [-0.2, 0) is 11.3 Å². The summed E-state index contributed by atoms with van der Waals surface area (Å²) < 4.78 is 26.6. The smallest absolute Gasteiger partial charge is 0.256 e. The maximum atomic E-state index is 13.4. The molecular weight excluding hydrogens is 366 g/mol. The van der Waals surface area contributed by atoms with Gasteiger partial charge in [-0.2, -0.15) is 0 Å². The Morgan fingerprint density at radius 1 is 1.21 bits per heavy atom. The number of amides is 1. The van der Waals surface area contributed by atoms with Crippen molar-refractivity contribution in [3.05, 3.63) is 35.4 Å². The Morgan fingerprint density at radius 3 is 2.89 bits per heavy atom. The lowest BCUT2D eigenvalue weighted by Gasteiger charge is -2.38. The molecule has 1 amide bonds. The van der Waals surface area contributed by atoms with E-state index in [0.29, 0.717) is 49.5 Å². The van der Waals surface area contributed by atoms with Crippen molar-refractivity contribution >= 4 is 5.91 Å². The van der Waals surface area contributed by atoms with Crippen LogP contribution in [-0.4, -0.2) is 53.2 Å². The molecule has 3 fully saturated rings. The number of aliphatic hydroxyl groups is 1. The van der Waals surface area contributed by atoms with Gasteiger partial charge in [0.15, 0.2) is 17.2 Å². The van der Waals surface area contributed by atoms with Crippen molar-refractivity contribution in [3.8, 4) is 0 Å². The van der Waals surface area contributed by atoms with Crippen LogP contribution in [0.2, 0.25) is 0 Å². The third-order valence-electron chi connectivity index (χ3n) is 6.38. The lowest BCUT2D eigenvalue weighted by molar-refractivity contribution is -0.157. The van der Waals surface area contributed by atoms with E-state index in [1.165, 1.54) is 30.2 Å². The van der Waals surface area contributed by atoms with Crippen LogP contribution >= 0.6 is 0 Å². The van der Waals surface area contributed by atoms with Crippen LogP contribution in [0.5, 0.6) is 0 Å². The van der Waals surface area contributed by atoms with Crippen LogP contribution < -0.4 is 16.2 Å². The third-order valence-corrected chi connectivity index (χ3v) is 6.38. The topological polar surface area (TPSA) is 76.6 Å². The summed E-state index contributed by atoms with van der Waals surface area (Å²) in [7, 11) is 0. The second kappa shape index (κ2) is 8.02. The minimum atomic E-state index is -1.46. The number of rotatable bonds is 6. The third kappa shape index (κ3) is 3.91. The van der Waals surface area contributed by atoms with Gasteiger partial charge in [0.2, 0.25) is 0 Å². The molecule has 0 radical (unpaired) electrons. The zero-order chi connectivity index (χ0) is 19.7. The van der Waals surface area contributed by atoms with Gasteiger partial charge in [-0.3, -0.25) is 15.6 Å². The predicted octanol–water partition coefficient (Wildman–Crippen LogP) is 1.05. The van der Waals surface area contributed by atoms with Crippen molar-refractivity contribution in [2.45, 2.75) is 56.3 Å². The van der Waals surface area contributed by atoms with E-state index >= 15 is 0 Å². The minimum Gasteiger partial charge on any atom is -0.379 e. The molecule has 1 aromatic carbocycles. The number of piperidine rings is 1. The molecule has 4 atom stereocenters. The van der Waals surface area contributed by atoms with Crippen molar-refractivity contribution in [2.24, 2.45) is 5.92 Å². The van der Waals surface area contributed by atoms with Crippen molar-refractivity contribution in [1.82, 2.24) is 21.1 Å². The molecule has 28 heavy (non-hydrogen) atoms. The summed E-state index contributed by atoms with van der Waals surface area (Å²) in [6.07, 6.45) is 4.69. The summed E-state index contributed by atoms with van der Waals surface area (Å²) in [5, 5.41) is 14.2. The Bertz CT molecular complexity index is 734. The number of fused-ring (bicyclic) bond motifs is 1. The van der Waals surface area contributed by atoms with Crippen LogP contribution in [0.15, 0.2) is 18.2 Å². The molecular formula is C20H28F2N4O2. The average molecular weight is 394 g/mol. The number of likely N-dealkylation sites (tertiary alicyclic amines) is 1. The summed E-state index contributed by atoms with van der Waals surface area (Å²) in [6.45, 7) is 1.54. The molecule has 2 heterocycles. The Hall–Kier alpha value is -1.61. The molecule has 8 heteroatoms. The summed E-state index contributed by atoms with van der Waals surface area (Å²) in [4.78, 5) is 14.4. The molecule has 2 saturated heterocycles. The number of benzene rings is 1. The maximum absolute atomic E-state index is 13.4. The average Bonchev–Trinajstić information content (AvgIpc) is 3.27. The van der Waals surface area contributed by atoms with Gasteiger partial charge < -0.3 is 15.3 Å². The maximum Gasteiger partial charge on any atom is 0.256 e. The molecule has 4 unspecified atom stereocenters. The largest absolute Gasteiger partial charge is 0.379 e. The van der Waals surface area contributed by atoms with Gasteiger partial charge in [-0.1, -0.05) is 12.5 Å². The molecule has 2 aliphatic heterocycles. The first kappa shape index (κ1) is 19.7. The van der Waals surface area contributed by atoms with Crippen LogP contribution in [0.1, 0.15) is 37.7 Å². The first-order valence-corrected chi connectivity index (χ1v) is 10.1. The highest BCUT2D eigenvalue weighted by atomic mass is 19.2. The van der Waals surface area contributed by atoms with Crippen LogP contribution in [0.25, 0.3) is 0 Å². The summed E-state index contributed by atoms with van der Waals surface area (Å²) in [5.41, 5.74) is 5.70. The second-order valence-corrected chi connectivity index (χ2v) is 8.34. The first-order valence-electron chi connectivity index (χ1n) is 10.1. The molecule has 4 N–H and O–H groups in total. The predicted molar refractivity (Wildman–Crippen MR) is 100 cm³/mol. The van der Waals surface area contributed by atoms with Gasteiger partial charge in [-0.05, 0) is 49.3 Å². The number of carbonyl (C=O) groups is 1. The van der Waals surface area contributed by atoms with Gasteiger partial charge >= 0.3 is 0 Å². The van der Waals surface area contributed by atoms with Crippen LogP contribution in [0.3, 0.4) is 0 Å². The monoisotopic (exact) mass is 394 g/mol. The number of nitrogens with zero attached hydrogens (tertiary/aromatic N) is 1. The van der Waals surface area contributed by atoms with E-state index in [2.05, 4.69) is 16.2 Å². The summed E-state index contributed by atoms with van der Waals surface area (Å²) in [6, 6.07) is 4.46. The lowest BCUT2D eigenvalue weighted by Crippen LogP contribution is -2.58. The molecule has 3 aliphatic rings. The fourth-order valence-corrected chi connectivity index (χ4v) is 4.85. The van der Waals surface area contributed by atoms with Crippen molar-refractivity contribution in [1.29, 1.82) is 0 Å². The number of carbonyl (C=O) groups excluding carboxylic acids is 1. The fraction of sp³-hybridized carbons (Fsp3) is 0.650. The first-order chi connectivity index (χ1) is 13.5. The highest BCUT2D eigenvalue weighted by molar-refractivity contribution is 5.86. The molecule has 4 rings (SSSR count). The van der Waals surface area contributed by atoms with Gasteiger partial charge in [0.25, 0.3) is 5.91 Å². The zero-order valence-electron chi connectivity index (χ0n) is 15.9. The van der Waals surface area contributed by atoms with E-state index in [1.807, 2.05) is 0 Å². The Morgan fingerprint density at radius 2 is 2.07 bits per heavy atom. The van der Waals surface area contributed by atoms with Gasteiger partial charge in [0.1, 0.15) is 0 Å². The number of hydrazine groups is 1. The van der Waals surface area contributed by atoms with E-state index in [1.54, 1.807) is 0 Å². The van der Waals surface area contributed by atoms with Crippen molar-refractivity contribution in [3.63, 3.8) is 0 Å². The van der Waals surface area contributed by atoms with E-state index in [4.69, 9.17) is 0 Å². The molecule has 0 aromatic heterocycles. The highest BCUT2D eigenvalue weighted by Gasteiger charge is 2.43. The molecule has 0 bridgehead atoms. The Labute approximate surface area is 163 Å². The Balaban J connectivity index is 1.32. The fourth-order valence-electron chi connectivity index (χ4n) is 4.85. The summed E-state index contributed by atoms with van der Waals surface area (Å²) in [5.74, 6) is -1.60. The van der Waals surface area contributed by atoms with E-state index in [9.17, 15) is 18.7 Å². The highest BCUT2D eigenvalue weighted by Crippen LogP contribution is 2.31. The lowest BCUT2D eigenvalue weighted by atomic mass is 9.90. The SMILES string of the molecule is O=C1N(Cc2ccc(F)c(F)c2)CCCC1(O)CNCC1NNC2CCCC21. The number of halogens is 2. The van der Waals surface area contributed by atoms with Crippen molar-refractivity contribution in [2.75, 3.05) is 19.6 Å². The van der Waals surface area contributed by atoms with Gasteiger partial charge in [-0.15, -0.1) is 0 Å². The molecule has 6 nitrogen and oxygen atoms in total. The second-order valence-electron chi connectivity index (χ2n) is 8.34. The van der Waals surface area contributed by atoms with Gasteiger partial charge in [0, 0.05) is 38.3 Å². The van der Waals surface area contributed by atoms with Gasteiger partial charge in [0.05, 0.1) is 0 Å². The normalized spacial score (nSPS) is 32.8. The molecule has 154 valence electrons. The number of hydrogen-bond acceptors (Lipinski definition) is 5. The van der Waals surface area contributed by atoms with E-state index < -0.39 is 17.2 Å². The quantitative estimate of drug-likeness (QED) is 0.580. The van der Waals surface area contributed by atoms with E-state index in [0.717, 1.165) is 12.1 Å². The van der Waals surface area contributed by atoms with E-state index in [-0.39, 0.29) is 19.0 Å². The number of hydrogen-bond donors (Lipinski definition) is 4. The zero-order valence-corrected chi connectivity index (χ0v) is 15.9.